The third kappa shape index (κ3) is 3.20. The summed E-state index contributed by atoms with van der Waals surface area (Å²) in [6.07, 6.45) is 6.97. The molecular formula is C16H19N3S. The minimum Gasteiger partial charge on any atom is -0.320 e. The van der Waals surface area contributed by atoms with Crippen LogP contribution in [0.4, 0.5) is 0 Å². The maximum Gasteiger partial charge on any atom is 0.159 e. The van der Waals surface area contributed by atoms with Gasteiger partial charge in [-0.2, -0.15) is 0 Å². The molecule has 2 aromatic heterocycles. The van der Waals surface area contributed by atoms with Gasteiger partial charge in [-0.15, -0.1) is 0 Å². The minimum atomic E-state index is 0.880. The van der Waals surface area contributed by atoms with Crippen LogP contribution in [0.3, 0.4) is 0 Å². The van der Waals surface area contributed by atoms with Crippen molar-refractivity contribution in [2.24, 2.45) is 7.05 Å². The molecule has 104 valence electrons. The van der Waals surface area contributed by atoms with Gasteiger partial charge in [0.05, 0.1) is 5.69 Å². The summed E-state index contributed by atoms with van der Waals surface area (Å²) in [4.78, 5) is 10.2. The summed E-state index contributed by atoms with van der Waals surface area (Å²) in [7, 11) is 2.02. The number of pyridine rings is 1. The fourth-order valence-corrected chi connectivity index (χ4v) is 2.62. The highest BCUT2D eigenvalue weighted by Crippen LogP contribution is 2.32. The molecule has 2 aromatic rings. The van der Waals surface area contributed by atoms with Crippen molar-refractivity contribution < 1.29 is 0 Å². The van der Waals surface area contributed by atoms with Crippen LogP contribution in [0, 0.1) is 0 Å². The van der Waals surface area contributed by atoms with Crippen LogP contribution in [0.25, 0.3) is 17.6 Å². The highest BCUT2D eigenvalue weighted by Gasteiger charge is 2.15. The zero-order chi connectivity index (χ0) is 14.5. The molecule has 0 radical (unpaired) electrons. The first-order valence-electron chi connectivity index (χ1n) is 6.61. The molecule has 0 N–H and O–H groups in total. The third-order valence-electron chi connectivity index (χ3n) is 2.74. The Morgan fingerprint density at radius 3 is 2.85 bits per heavy atom. The lowest BCUT2D eigenvalue weighted by atomic mass is 10.3. The van der Waals surface area contributed by atoms with Crippen molar-refractivity contribution in [2.75, 3.05) is 0 Å². The van der Waals surface area contributed by atoms with E-state index in [0.29, 0.717) is 0 Å². The minimum absolute atomic E-state index is 0.880. The van der Waals surface area contributed by atoms with Gasteiger partial charge in [0.25, 0.3) is 0 Å². The Labute approximate surface area is 124 Å². The van der Waals surface area contributed by atoms with Crippen LogP contribution >= 0.6 is 11.8 Å². The number of imidazole rings is 1. The Hall–Kier alpha value is -1.81. The Morgan fingerprint density at radius 2 is 2.25 bits per heavy atom. The number of hydrogen-bond acceptors (Lipinski definition) is 3. The lowest BCUT2D eigenvalue weighted by Crippen LogP contribution is -1.95. The van der Waals surface area contributed by atoms with Crippen LogP contribution in [0.2, 0.25) is 0 Å². The van der Waals surface area contributed by atoms with Crippen molar-refractivity contribution in [1.82, 2.24) is 14.5 Å². The second kappa shape index (κ2) is 6.57. The molecule has 0 aliphatic carbocycles. The zero-order valence-corrected chi connectivity index (χ0v) is 12.9. The van der Waals surface area contributed by atoms with Crippen molar-refractivity contribution in [3.05, 3.63) is 47.6 Å². The van der Waals surface area contributed by atoms with Crippen LogP contribution in [-0.4, -0.2) is 14.5 Å². The van der Waals surface area contributed by atoms with Crippen molar-refractivity contribution >= 4 is 17.8 Å². The highest BCUT2D eigenvalue weighted by molar-refractivity contribution is 8.03. The SMILES string of the molecule is C=C(C)Sc1c(/C=C/CC)nc(-c2ccccn2)n1C. The number of hydrogen-bond donors (Lipinski definition) is 0. The van der Waals surface area contributed by atoms with E-state index in [2.05, 4.69) is 35.2 Å². The third-order valence-corrected chi connectivity index (χ3v) is 3.77. The topological polar surface area (TPSA) is 30.7 Å². The van der Waals surface area contributed by atoms with Gasteiger partial charge in [0.1, 0.15) is 10.7 Å². The van der Waals surface area contributed by atoms with Crippen LogP contribution in [0.5, 0.6) is 0 Å². The van der Waals surface area contributed by atoms with Gasteiger partial charge in [-0.05, 0) is 36.5 Å². The second-order valence-corrected chi connectivity index (χ2v) is 5.80. The molecule has 2 heterocycles. The average Bonchev–Trinajstić information content (AvgIpc) is 2.74. The normalized spacial score (nSPS) is 11.2. The summed E-state index contributed by atoms with van der Waals surface area (Å²) >= 11 is 1.64. The molecular weight excluding hydrogens is 266 g/mol. The first-order valence-corrected chi connectivity index (χ1v) is 7.43. The summed E-state index contributed by atoms with van der Waals surface area (Å²) < 4.78 is 2.08. The maximum atomic E-state index is 4.72. The predicted molar refractivity (Wildman–Crippen MR) is 86.4 cm³/mol. The van der Waals surface area contributed by atoms with E-state index in [0.717, 1.165) is 33.6 Å². The fraction of sp³-hybridized carbons (Fsp3) is 0.250. The standard InChI is InChI=1S/C16H19N3S/c1-5-6-9-14-16(20-12(2)3)19(4)15(18-14)13-10-7-8-11-17-13/h6-11H,2,5H2,1,3-4H3/b9-6+. The lowest BCUT2D eigenvalue weighted by molar-refractivity contribution is 0.829. The summed E-state index contributed by atoms with van der Waals surface area (Å²) in [5.74, 6) is 0.880. The van der Waals surface area contributed by atoms with Crippen LogP contribution in [0.1, 0.15) is 26.0 Å². The smallest absolute Gasteiger partial charge is 0.159 e. The zero-order valence-electron chi connectivity index (χ0n) is 12.1. The van der Waals surface area contributed by atoms with Crippen molar-refractivity contribution in [2.45, 2.75) is 25.3 Å². The Kier molecular flexibility index (Phi) is 4.79. The van der Waals surface area contributed by atoms with Gasteiger partial charge in [-0.25, -0.2) is 4.98 Å². The molecule has 0 bridgehead atoms. The quantitative estimate of drug-likeness (QED) is 0.756. The van der Waals surface area contributed by atoms with E-state index < -0.39 is 0 Å². The molecule has 0 unspecified atom stereocenters. The number of thioether (sulfide) groups is 1. The van der Waals surface area contributed by atoms with E-state index in [1.165, 1.54) is 0 Å². The number of rotatable bonds is 5. The summed E-state index contributed by atoms with van der Waals surface area (Å²) in [5.41, 5.74) is 1.86. The Morgan fingerprint density at radius 1 is 1.45 bits per heavy atom. The average molecular weight is 285 g/mol. The molecule has 0 fully saturated rings. The van der Waals surface area contributed by atoms with Gasteiger partial charge >= 0.3 is 0 Å². The van der Waals surface area contributed by atoms with Crippen molar-refractivity contribution in [3.63, 3.8) is 0 Å². The van der Waals surface area contributed by atoms with Crippen molar-refractivity contribution in [3.8, 4) is 11.5 Å². The van der Waals surface area contributed by atoms with Gasteiger partial charge in [-0.1, -0.05) is 37.4 Å². The lowest BCUT2D eigenvalue weighted by Gasteiger charge is -2.05. The number of allylic oxidation sites excluding steroid dienone is 2. The van der Waals surface area contributed by atoms with E-state index in [4.69, 9.17) is 4.98 Å². The number of nitrogens with zero attached hydrogens (tertiary/aromatic N) is 3. The molecule has 0 saturated heterocycles. The van der Waals surface area contributed by atoms with Crippen molar-refractivity contribution in [1.29, 1.82) is 0 Å². The van der Waals surface area contributed by atoms with E-state index >= 15 is 0 Å². The summed E-state index contributed by atoms with van der Waals surface area (Å²) in [5, 5.41) is 1.10. The van der Waals surface area contributed by atoms with Gasteiger partial charge in [0.2, 0.25) is 0 Å². The molecule has 2 rings (SSSR count). The molecule has 0 aliphatic heterocycles. The second-order valence-electron chi connectivity index (χ2n) is 4.51. The van der Waals surface area contributed by atoms with Gasteiger partial charge in [0.15, 0.2) is 5.82 Å². The van der Waals surface area contributed by atoms with Gasteiger partial charge < -0.3 is 4.57 Å². The molecule has 0 saturated carbocycles. The Bertz CT molecular complexity index is 627. The first-order chi connectivity index (χ1) is 9.63. The monoisotopic (exact) mass is 285 g/mol. The summed E-state index contributed by atoms with van der Waals surface area (Å²) in [6, 6.07) is 5.86. The van der Waals surface area contributed by atoms with E-state index in [-0.39, 0.29) is 0 Å². The molecule has 0 aromatic carbocycles. The molecule has 20 heavy (non-hydrogen) atoms. The Balaban J connectivity index is 2.52. The largest absolute Gasteiger partial charge is 0.320 e. The van der Waals surface area contributed by atoms with Crippen LogP contribution < -0.4 is 0 Å². The number of aromatic nitrogens is 3. The molecule has 0 aliphatic rings. The predicted octanol–water partition coefficient (Wildman–Crippen LogP) is 4.53. The molecule has 0 atom stereocenters. The maximum absolute atomic E-state index is 4.72. The van der Waals surface area contributed by atoms with Gasteiger partial charge in [0, 0.05) is 13.2 Å². The molecule has 3 nitrogen and oxygen atoms in total. The van der Waals surface area contributed by atoms with Crippen LogP contribution in [-0.2, 0) is 7.05 Å². The van der Waals surface area contributed by atoms with Crippen LogP contribution in [0.15, 0.2) is 47.0 Å². The molecule has 0 spiro atoms. The van der Waals surface area contributed by atoms with E-state index in [9.17, 15) is 0 Å². The fourth-order valence-electron chi connectivity index (χ4n) is 1.85. The molecule has 0 amide bonds. The molecule has 4 heteroatoms. The first kappa shape index (κ1) is 14.6. The van der Waals surface area contributed by atoms with Gasteiger partial charge in [-0.3, -0.25) is 4.98 Å². The van der Waals surface area contributed by atoms with E-state index in [1.54, 1.807) is 18.0 Å². The highest BCUT2D eigenvalue weighted by atomic mass is 32.2. The van der Waals surface area contributed by atoms with E-state index in [1.807, 2.05) is 32.2 Å². The summed E-state index contributed by atoms with van der Waals surface area (Å²) in [6.45, 7) is 8.10.